The lowest BCUT2D eigenvalue weighted by atomic mass is 9.75. The molecule has 0 aromatic heterocycles. The number of ether oxygens (including phenoxy) is 2. The van der Waals surface area contributed by atoms with Crippen LogP contribution in [0.5, 0.6) is 0 Å². The van der Waals surface area contributed by atoms with Gasteiger partial charge in [0.25, 0.3) is 0 Å². The van der Waals surface area contributed by atoms with Crippen LogP contribution in [0.4, 0.5) is 4.79 Å². The highest BCUT2D eigenvalue weighted by atomic mass is 16.6. The summed E-state index contributed by atoms with van der Waals surface area (Å²) in [5.74, 6) is 0.594. The zero-order chi connectivity index (χ0) is 24.6. The molecule has 0 spiro atoms. The van der Waals surface area contributed by atoms with Gasteiger partial charge in [-0.1, -0.05) is 57.5 Å². The topological polar surface area (TPSA) is 93.7 Å². The van der Waals surface area contributed by atoms with Crippen molar-refractivity contribution in [3.63, 3.8) is 0 Å². The molecule has 7 heteroatoms. The Balaban J connectivity index is 2.00. The number of carbonyl (C=O) groups excluding carboxylic acids is 3. The van der Waals surface area contributed by atoms with Gasteiger partial charge in [0.2, 0.25) is 5.91 Å². The van der Waals surface area contributed by atoms with Crippen LogP contribution in [0, 0.1) is 17.8 Å². The van der Waals surface area contributed by atoms with Gasteiger partial charge in [0.1, 0.15) is 18.2 Å². The van der Waals surface area contributed by atoms with Crippen LogP contribution in [0.1, 0.15) is 78.8 Å². The predicted octanol–water partition coefficient (Wildman–Crippen LogP) is 4.76. The summed E-state index contributed by atoms with van der Waals surface area (Å²) < 4.78 is 11.1. The number of hydrogen-bond donors (Lipinski definition) is 2. The lowest BCUT2D eigenvalue weighted by molar-refractivity contribution is -0.156. The Morgan fingerprint density at radius 3 is 2.36 bits per heavy atom. The van der Waals surface area contributed by atoms with Crippen LogP contribution in [0.15, 0.2) is 30.3 Å². The molecule has 4 atom stereocenters. The summed E-state index contributed by atoms with van der Waals surface area (Å²) in [7, 11) is 0. The number of hydrogen-bond acceptors (Lipinski definition) is 5. The molecule has 2 amide bonds. The molecule has 1 aromatic carbocycles. The van der Waals surface area contributed by atoms with Crippen LogP contribution in [-0.4, -0.2) is 36.2 Å². The van der Waals surface area contributed by atoms with Crippen molar-refractivity contribution in [2.45, 2.75) is 85.0 Å². The van der Waals surface area contributed by atoms with Gasteiger partial charge >= 0.3 is 12.1 Å². The van der Waals surface area contributed by atoms with E-state index in [2.05, 4.69) is 31.4 Å². The average Bonchev–Trinajstić information content (AvgIpc) is 2.71. The van der Waals surface area contributed by atoms with Gasteiger partial charge in [-0.25, -0.2) is 4.79 Å². The van der Waals surface area contributed by atoms with Crippen LogP contribution >= 0.6 is 0 Å². The molecular weight excluding hydrogens is 420 g/mol. The molecule has 1 saturated carbocycles. The molecule has 1 aliphatic rings. The Bertz CT molecular complexity index is 788. The number of carbonyl (C=O) groups is 3. The van der Waals surface area contributed by atoms with Gasteiger partial charge < -0.3 is 20.1 Å². The Morgan fingerprint density at radius 1 is 1.09 bits per heavy atom. The van der Waals surface area contributed by atoms with Crippen LogP contribution in [0.2, 0.25) is 0 Å². The highest BCUT2D eigenvalue weighted by molar-refractivity contribution is 5.83. The summed E-state index contributed by atoms with van der Waals surface area (Å²) in [6.45, 7) is 11.5. The third-order valence-corrected chi connectivity index (χ3v) is 5.94. The summed E-state index contributed by atoms with van der Waals surface area (Å²) in [6.07, 6.45) is 2.35. The van der Waals surface area contributed by atoms with Crippen molar-refractivity contribution < 1.29 is 23.9 Å². The highest BCUT2D eigenvalue weighted by Gasteiger charge is 2.34. The molecule has 0 aliphatic heterocycles. The second-order valence-electron chi connectivity index (χ2n) is 10.4. The number of esters is 1. The maximum Gasteiger partial charge on any atom is 0.408 e. The molecular formula is C26H40N2O5. The standard InChI is InChI=1S/C26H40N2O5/c1-17(2)20-13-12-18(3)14-22(20)32-24(30)15-21(19-10-8-7-9-11-19)28-23(29)16-27-25(31)33-26(4,5)6/h7-11,17-18,20-22H,12-16H2,1-6H3,(H,27,31)(H,28,29)/t18-,20+,21-,22+/m1/s1. The van der Waals surface area contributed by atoms with E-state index in [4.69, 9.17) is 9.47 Å². The summed E-state index contributed by atoms with van der Waals surface area (Å²) in [5, 5.41) is 5.30. The SMILES string of the molecule is CC(C)[C@@H]1CC[C@@H](C)C[C@@H]1OC(=O)C[C@@H](NC(=O)CNC(=O)OC(C)(C)C)c1ccccc1. The highest BCUT2D eigenvalue weighted by Crippen LogP contribution is 2.35. The summed E-state index contributed by atoms with van der Waals surface area (Å²) in [5.41, 5.74) is 0.152. The molecule has 2 rings (SSSR count). The number of alkyl carbamates (subject to hydrolysis) is 1. The van der Waals surface area contributed by atoms with Crippen LogP contribution in [0.3, 0.4) is 0 Å². The van der Waals surface area contributed by atoms with Crippen molar-refractivity contribution in [2.75, 3.05) is 6.54 Å². The van der Waals surface area contributed by atoms with Gasteiger partial charge in [-0.2, -0.15) is 0 Å². The number of benzene rings is 1. The normalized spacial score (nSPS) is 21.7. The van der Waals surface area contributed by atoms with Crippen LogP contribution < -0.4 is 10.6 Å². The summed E-state index contributed by atoms with van der Waals surface area (Å²) in [6, 6.07) is 8.76. The lowest BCUT2D eigenvalue weighted by Gasteiger charge is -2.37. The number of nitrogens with one attached hydrogen (secondary N) is 2. The average molecular weight is 461 g/mol. The second-order valence-corrected chi connectivity index (χ2v) is 10.4. The predicted molar refractivity (Wildman–Crippen MR) is 127 cm³/mol. The Hall–Kier alpha value is -2.57. The molecule has 0 saturated heterocycles. The van der Waals surface area contributed by atoms with E-state index in [0.29, 0.717) is 17.8 Å². The molecule has 0 bridgehead atoms. The largest absolute Gasteiger partial charge is 0.462 e. The van der Waals surface area contributed by atoms with E-state index < -0.39 is 23.6 Å². The van der Waals surface area contributed by atoms with Crippen molar-refractivity contribution >= 4 is 18.0 Å². The van der Waals surface area contributed by atoms with Gasteiger partial charge in [0.05, 0.1) is 12.5 Å². The summed E-state index contributed by atoms with van der Waals surface area (Å²) >= 11 is 0. The van der Waals surface area contributed by atoms with Gasteiger partial charge in [-0.05, 0) is 56.9 Å². The first kappa shape index (κ1) is 26.7. The third-order valence-electron chi connectivity index (χ3n) is 5.94. The minimum atomic E-state index is -0.667. The first-order valence-corrected chi connectivity index (χ1v) is 11.9. The molecule has 1 fully saturated rings. The van der Waals surface area contributed by atoms with Crippen LogP contribution in [-0.2, 0) is 19.1 Å². The first-order chi connectivity index (χ1) is 15.4. The Kier molecular flexibility index (Phi) is 9.74. The minimum Gasteiger partial charge on any atom is -0.462 e. The molecule has 7 nitrogen and oxygen atoms in total. The van der Waals surface area contributed by atoms with E-state index >= 15 is 0 Å². The van der Waals surface area contributed by atoms with Crippen LogP contribution in [0.25, 0.3) is 0 Å². The fraction of sp³-hybridized carbons (Fsp3) is 0.654. The van der Waals surface area contributed by atoms with Crippen molar-refractivity contribution in [1.82, 2.24) is 10.6 Å². The van der Waals surface area contributed by atoms with Crippen molar-refractivity contribution in [3.05, 3.63) is 35.9 Å². The molecule has 2 N–H and O–H groups in total. The van der Waals surface area contributed by atoms with Crippen molar-refractivity contribution in [1.29, 1.82) is 0 Å². The zero-order valence-electron chi connectivity index (χ0n) is 20.9. The van der Waals surface area contributed by atoms with E-state index in [0.717, 1.165) is 24.8 Å². The summed E-state index contributed by atoms with van der Waals surface area (Å²) in [4.78, 5) is 37.3. The fourth-order valence-corrected chi connectivity index (χ4v) is 4.28. The van der Waals surface area contributed by atoms with E-state index in [1.165, 1.54) is 0 Å². The Labute approximate surface area is 198 Å². The molecule has 1 aromatic rings. The maximum atomic E-state index is 12.9. The first-order valence-electron chi connectivity index (χ1n) is 11.9. The number of amides is 2. The van der Waals surface area contributed by atoms with E-state index in [1.807, 2.05) is 30.3 Å². The molecule has 184 valence electrons. The number of rotatable bonds is 8. The van der Waals surface area contributed by atoms with Crippen molar-refractivity contribution in [2.24, 2.45) is 17.8 Å². The molecule has 33 heavy (non-hydrogen) atoms. The zero-order valence-corrected chi connectivity index (χ0v) is 20.9. The van der Waals surface area contributed by atoms with E-state index in [-0.39, 0.29) is 25.0 Å². The minimum absolute atomic E-state index is 0.0257. The molecule has 0 radical (unpaired) electrons. The lowest BCUT2D eigenvalue weighted by Crippen LogP contribution is -2.41. The monoisotopic (exact) mass is 460 g/mol. The van der Waals surface area contributed by atoms with E-state index in [1.54, 1.807) is 20.8 Å². The van der Waals surface area contributed by atoms with Gasteiger partial charge in [-0.15, -0.1) is 0 Å². The van der Waals surface area contributed by atoms with E-state index in [9.17, 15) is 14.4 Å². The quantitative estimate of drug-likeness (QED) is 0.546. The second kappa shape index (κ2) is 12.1. The Morgan fingerprint density at radius 2 is 1.76 bits per heavy atom. The molecule has 0 heterocycles. The smallest absolute Gasteiger partial charge is 0.408 e. The van der Waals surface area contributed by atoms with Gasteiger partial charge in [0.15, 0.2) is 0 Å². The van der Waals surface area contributed by atoms with Gasteiger partial charge in [-0.3, -0.25) is 9.59 Å². The third kappa shape index (κ3) is 9.44. The van der Waals surface area contributed by atoms with Gasteiger partial charge in [0, 0.05) is 0 Å². The van der Waals surface area contributed by atoms with Crippen molar-refractivity contribution in [3.8, 4) is 0 Å². The molecule has 1 aliphatic carbocycles. The fourth-order valence-electron chi connectivity index (χ4n) is 4.28. The maximum absolute atomic E-state index is 12.9. The molecule has 0 unspecified atom stereocenters.